The van der Waals surface area contributed by atoms with Crippen molar-refractivity contribution in [3.63, 3.8) is 0 Å². The van der Waals surface area contributed by atoms with E-state index in [1.165, 1.54) is 12.8 Å². The van der Waals surface area contributed by atoms with E-state index in [4.69, 9.17) is 9.90 Å². The van der Waals surface area contributed by atoms with Crippen LogP contribution in [0.15, 0.2) is 24.4 Å². The second-order valence-corrected chi connectivity index (χ2v) is 7.65. The Kier molecular flexibility index (Phi) is 5.81. The lowest BCUT2D eigenvalue weighted by atomic mass is 9.84. The van der Waals surface area contributed by atoms with E-state index in [9.17, 15) is 18.0 Å². The normalized spacial score (nSPS) is 21.5. The first-order valence-electron chi connectivity index (χ1n) is 9.48. The number of aliphatic carboxylic acids is 1. The molecule has 3 aliphatic rings. The highest BCUT2D eigenvalue weighted by atomic mass is 19.4. The molecule has 0 bridgehead atoms. The number of nitrogens with zero attached hydrogens (tertiary/aromatic N) is 3. The maximum absolute atomic E-state index is 12.3. The Morgan fingerprint density at radius 1 is 1.21 bits per heavy atom. The van der Waals surface area contributed by atoms with E-state index in [0.29, 0.717) is 5.91 Å². The van der Waals surface area contributed by atoms with Crippen LogP contribution in [0.25, 0.3) is 0 Å². The van der Waals surface area contributed by atoms with Crippen LogP contribution in [0, 0.1) is 5.92 Å². The van der Waals surface area contributed by atoms with E-state index in [1.807, 2.05) is 18.3 Å². The number of likely N-dealkylation sites (tertiary alicyclic amines) is 1. The highest BCUT2D eigenvalue weighted by Gasteiger charge is 2.48. The molecule has 0 radical (unpaired) electrons. The van der Waals surface area contributed by atoms with Crippen molar-refractivity contribution in [2.75, 3.05) is 24.5 Å². The van der Waals surface area contributed by atoms with Crippen LogP contribution in [0.2, 0.25) is 0 Å². The van der Waals surface area contributed by atoms with Gasteiger partial charge < -0.3 is 14.9 Å². The largest absolute Gasteiger partial charge is 0.490 e. The summed E-state index contributed by atoms with van der Waals surface area (Å²) in [6.07, 6.45) is 3.44. The lowest BCUT2D eigenvalue weighted by Crippen LogP contribution is -2.53. The third-order valence-corrected chi connectivity index (χ3v) is 5.73. The van der Waals surface area contributed by atoms with Crippen LogP contribution in [0.1, 0.15) is 38.5 Å². The van der Waals surface area contributed by atoms with Gasteiger partial charge in [0.05, 0.1) is 0 Å². The fourth-order valence-electron chi connectivity index (χ4n) is 3.94. The van der Waals surface area contributed by atoms with Gasteiger partial charge in [-0.05, 0) is 50.2 Å². The Hall–Kier alpha value is -2.32. The molecule has 1 aromatic rings. The molecule has 1 amide bonds. The Bertz CT molecular complexity index is 699. The molecule has 2 aliphatic heterocycles. The molecule has 3 heterocycles. The number of carbonyl (C=O) groups is 2. The number of halogens is 3. The molecule has 4 rings (SSSR count). The van der Waals surface area contributed by atoms with Gasteiger partial charge in [-0.1, -0.05) is 6.07 Å². The van der Waals surface area contributed by atoms with E-state index in [1.54, 1.807) is 0 Å². The van der Waals surface area contributed by atoms with Crippen LogP contribution in [0.4, 0.5) is 19.0 Å². The Labute approximate surface area is 161 Å². The van der Waals surface area contributed by atoms with Gasteiger partial charge in [-0.3, -0.25) is 4.79 Å². The second kappa shape index (κ2) is 7.97. The molecule has 0 unspecified atom stereocenters. The first-order valence-corrected chi connectivity index (χ1v) is 9.48. The van der Waals surface area contributed by atoms with Crippen molar-refractivity contribution < 1.29 is 27.9 Å². The van der Waals surface area contributed by atoms with Gasteiger partial charge in [0.2, 0.25) is 5.91 Å². The van der Waals surface area contributed by atoms with Crippen LogP contribution >= 0.6 is 0 Å². The van der Waals surface area contributed by atoms with Gasteiger partial charge in [-0.25, -0.2) is 9.78 Å². The first-order chi connectivity index (χ1) is 13.2. The summed E-state index contributed by atoms with van der Waals surface area (Å²) in [4.78, 5) is 30.2. The van der Waals surface area contributed by atoms with Gasteiger partial charge >= 0.3 is 12.1 Å². The fourth-order valence-corrected chi connectivity index (χ4v) is 3.94. The monoisotopic (exact) mass is 399 g/mol. The van der Waals surface area contributed by atoms with Crippen LogP contribution in [0.5, 0.6) is 0 Å². The van der Waals surface area contributed by atoms with Crippen molar-refractivity contribution >= 4 is 17.7 Å². The summed E-state index contributed by atoms with van der Waals surface area (Å²) in [5.74, 6) is -0.496. The molecule has 154 valence electrons. The van der Waals surface area contributed by atoms with Gasteiger partial charge in [-0.15, -0.1) is 0 Å². The summed E-state index contributed by atoms with van der Waals surface area (Å²) < 4.78 is 31.7. The average molecular weight is 399 g/mol. The van der Waals surface area contributed by atoms with E-state index in [0.717, 1.165) is 57.1 Å². The van der Waals surface area contributed by atoms with E-state index in [-0.39, 0.29) is 5.54 Å². The number of amides is 1. The third kappa shape index (κ3) is 4.74. The third-order valence-electron chi connectivity index (χ3n) is 5.73. The lowest BCUT2D eigenvalue weighted by molar-refractivity contribution is -0.192. The molecule has 9 heteroatoms. The number of pyridine rings is 1. The first kappa shape index (κ1) is 20.4. The molecular formula is C19H24F3N3O3. The number of hydrogen-bond donors (Lipinski definition) is 1. The predicted octanol–water partition coefficient (Wildman–Crippen LogP) is 3.09. The number of carboxylic acid groups (broad SMARTS) is 1. The Balaban J connectivity index is 0.000000279. The number of piperidine rings is 1. The highest BCUT2D eigenvalue weighted by molar-refractivity contribution is 5.80. The van der Waals surface area contributed by atoms with E-state index < -0.39 is 12.1 Å². The van der Waals surface area contributed by atoms with Crippen LogP contribution < -0.4 is 4.90 Å². The van der Waals surface area contributed by atoms with Gasteiger partial charge in [-0.2, -0.15) is 13.2 Å². The predicted molar refractivity (Wildman–Crippen MR) is 95.8 cm³/mol. The molecule has 3 fully saturated rings. The minimum absolute atomic E-state index is 0.158. The number of carbonyl (C=O) groups excluding carboxylic acids is 1. The molecular weight excluding hydrogens is 375 g/mol. The van der Waals surface area contributed by atoms with Gasteiger partial charge in [0, 0.05) is 37.8 Å². The number of anilines is 1. The molecule has 2 saturated heterocycles. The number of hydrogen-bond acceptors (Lipinski definition) is 4. The highest BCUT2D eigenvalue weighted by Crippen LogP contribution is 2.42. The Morgan fingerprint density at radius 2 is 1.86 bits per heavy atom. The van der Waals surface area contributed by atoms with Crippen molar-refractivity contribution in [2.45, 2.75) is 50.2 Å². The number of carboxylic acids is 1. The molecule has 0 aromatic carbocycles. The van der Waals surface area contributed by atoms with Crippen molar-refractivity contribution in [3.05, 3.63) is 24.4 Å². The maximum Gasteiger partial charge on any atom is 0.490 e. The lowest BCUT2D eigenvalue weighted by Gasteiger charge is -2.45. The van der Waals surface area contributed by atoms with Gasteiger partial charge in [0.1, 0.15) is 5.82 Å². The van der Waals surface area contributed by atoms with E-state index >= 15 is 0 Å². The summed E-state index contributed by atoms with van der Waals surface area (Å²) in [5.41, 5.74) is 0.158. The molecule has 1 aromatic heterocycles. The quantitative estimate of drug-likeness (QED) is 0.846. The molecule has 6 nitrogen and oxygen atoms in total. The van der Waals surface area contributed by atoms with Crippen LogP contribution in [-0.2, 0) is 9.59 Å². The molecule has 1 N–H and O–H groups in total. The van der Waals surface area contributed by atoms with Gasteiger partial charge in [0.15, 0.2) is 0 Å². The molecule has 1 aliphatic carbocycles. The van der Waals surface area contributed by atoms with Crippen molar-refractivity contribution in [1.82, 2.24) is 9.88 Å². The Morgan fingerprint density at radius 3 is 2.36 bits per heavy atom. The summed E-state index contributed by atoms with van der Waals surface area (Å²) >= 11 is 0. The molecule has 0 atom stereocenters. The summed E-state index contributed by atoms with van der Waals surface area (Å²) in [6, 6.07) is 6.09. The minimum Gasteiger partial charge on any atom is -0.475 e. The van der Waals surface area contributed by atoms with Gasteiger partial charge in [0.25, 0.3) is 0 Å². The van der Waals surface area contributed by atoms with E-state index in [2.05, 4.69) is 20.9 Å². The standard InChI is InChI=1S/C17H23N3O.C2HF3O2/c21-16-6-7-17(20(16)13-14-4-5-14)8-11-19(12-9-17)15-3-1-2-10-18-15;3-2(4,5)1(6)7/h1-3,10,14H,4-9,11-13H2;(H,6,7). The zero-order valence-corrected chi connectivity index (χ0v) is 15.5. The van der Waals surface area contributed by atoms with Crippen molar-refractivity contribution in [3.8, 4) is 0 Å². The summed E-state index contributed by atoms with van der Waals surface area (Å²) in [6.45, 7) is 3.05. The number of alkyl halides is 3. The molecule has 1 saturated carbocycles. The summed E-state index contributed by atoms with van der Waals surface area (Å²) in [5, 5.41) is 7.12. The van der Waals surface area contributed by atoms with Crippen LogP contribution in [0.3, 0.4) is 0 Å². The minimum atomic E-state index is -5.08. The number of aromatic nitrogens is 1. The zero-order chi connectivity index (χ0) is 20.4. The fraction of sp³-hybridized carbons (Fsp3) is 0.632. The SMILES string of the molecule is O=C(O)C(F)(F)F.O=C1CCC2(CCN(c3ccccn3)CC2)N1CC1CC1. The number of rotatable bonds is 3. The summed E-state index contributed by atoms with van der Waals surface area (Å²) in [7, 11) is 0. The second-order valence-electron chi connectivity index (χ2n) is 7.65. The van der Waals surface area contributed by atoms with Crippen molar-refractivity contribution in [1.29, 1.82) is 0 Å². The molecule has 28 heavy (non-hydrogen) atoms. The smallest absolute Gasteiger partial charge is 0.475 e. The van der Waals surface area contributed by atoms with Crippen molar-refractivity contribution in [2.24, 2.45) is 5.92 Å². The zero-order valence-electron chi connectivity index (χ0n) is 15.5. The maximum atomic E-state index is 12.3. The topological polar surface area (TPSA) is 73.7 Å². The molecule has 1 spiro atoms. The van der Waals surface area contributed by atoms with Crippen LogP contribution in [-0.4, -0.2) is 58.2 Å². The average Bonchev–Trinajstić information content (AvgIpc) is 3.44.